The van der Waals surface area contributed by atoms with Crippen molar-refractivity contribution >= 4 is 17.7 Å². The summed E-state index contributed by atoms with van der Waals surface area (Å²) in [6.07, 6.45) is -0.386. The molecule has 0 fully saturated rings. The summed E-state index contributed by atoms with van der Waals surface area (Å²) in [5.74, 6) is -1.45. The highest BCUT2D eigenvalue weighted by molar-refractivity contribution is 6.36. The fraction of sp³-hybridized carbons (Fsp3) is 0.625. The molecule has 0 radical (unpaired) electrons. The van der Waals surface area contributed by atoms with E-state index in [2.05, 4.69) is 14.3 Å². The van der Waals surface area contributed by atoms with E-state index in [1.54, 1.807) is 13.8 Å². The van der Waals surface area contributed by atoms with Crippen LogP contribution in [-0.2, 0) is 19.1 Å². The molecule has 0 aromatic carbocycles. The Morgan fingerprint density at radius 3 is 2.21 bits per heavy atom. The SMILES string of the molecule is CCOC(=O)CC(=[N+]=[N-])C(=O)OCC. The van der Waals surface area contributed by atoms with Crippen molar-refractivity contribution in [3.05, 3.63) is 5.53 Å². The van der Waals surface area contributed by atoms with Crippen molar-refractivity contribution in [1.29, 1.82) is 0 Å². The van der Waals surface area contributed by atoms with Gasteiger partial charge in [-0.05, 0) is 13.8 Å². The van der Waals surface area contributed by atoms with Crippen molar-refractivity contribution in [1.82, 2.24) is 0 Å². The molecule has 0 saturated carbocycles. The van der Waals surface area contributed by atoms with Crippen molar-refractivity contribution in [3.8, 4) is 0 Å². The molecule has 14 heavy (non-hydrogen) atoms. The van der Waals surface area contributed by atoms with Gasteiger partial charge in [-0.1, -0.05) is 0 Å². The van der Waals surface area contributed by atoms with Gasteiger partial charge in [0.15, 0.2) is 6.42 Å². The third kappa shape index (κ3) is 4.37. The predicted molar refractivity (Wildman–Crippen MR) is 46.5 cm³/mol. The summed E-state index contributed by atoms with van der Waals surface area (Å²) < 4.78 is 9.10. The molecule has 6 nitrogen and oxygen atoms in total. The molecular weight excluding hydrogens is 188 g/mol. The Morgan fingerprint density at radius 2 is 1.79 bits per heavy atom. The molecule has 0 aliphatic carbocycles. The normalized spacial score (nSPS) is 8.71. The second-order valence-corrected chi connectivity index (χ2v) is 2.25. The van der Waals surface area contributed by atoms with Gasteiger partial charge in [0.2, 0.25) is 0 Å². The fourth-order valence-corrected chi connectivity index (χ4v) is 0.711. The Morgan fingerprint density at radius 1 is 1.21 bits per heavy atom. The average molecular weight is 200 g/mol. The third-order valence-electron chi connectivity index (χ3n) is 1.25. The second kappa shape index (κ2) is 6.80. The summed E-state index contributed by atoms with van der Waals surface area (Å²) in [5, 5.41) is 0. The van der Waals surface area contributed by atoms with E-state index in [1.165, 1.54) is 0 Å². The summed E-state index contributed by atoms with van der Waals surface area (Å²) in [6.45, 7) is 3.61. The number of hydrogen-bond acceptors (Lipinski definition) is 4. The van der Waals surface area contributed by atoms with E-state index >= 15 is 0 Å². The molecule has 0 amide bonds. The maximum Gasteiger partial charge on any atom is 0.417 e. The van der Waals surface area contributed by atoms with Crippen LogP contribution in [0.5, 0.6) is 0 Å². The zero-order chi connectivity index (χ0) is 11.0. The van der Waals surface area contributed by atoms with Crippen LogP contribution in [0.3, 0.4) is 0 Å². The topological polar surface area (TPSA) is 89.0 Å². The monoisotopic (exact) mass is 200 g/mol. The zero-order valence-electron chi connectivity index (χ0n) is 8.15. The number of esters is 2. The Bertz CT molecular complexity index is 269. The third-order valence-corrected chi connectivity index (χ3v) is 1.25. The Hall–Kier alpha value is -1.68. The number of carbonyl (C=O) groups is 2. The molecule has 0 rings (SSSR count). The summed E-state index contributed by atoms with van der Waals surface area (Å²) in [7, 11) is 0. The quantitative estimate of drug-likeness (QED) is 0.274. The Balaban J connectivity index is 4.24. The highest BCUT2D eigenvalue weighted by Gasteiger charge is 2.25. The standard InChI is InChI=1S/C8H12N2O4/c1-3-13-7(11)5-6(10-9)8(12)14-4-2/h3-5H2,1-2H3. The van der Waals surface area contributed by atoms with Gasteiger partial charge >= 0.3 is 17.7 Å². The minimum absolute atomic E-state index is 0.153. The van der Waals surface area contributed by atoms with E-state index < -0.39 is 11.9 Å². The summed E-state index contributed by atoms with van der Waals surface area (Å²) >= 11 is 0. The molecule has 78 valence electrons. The largest absolute Gasteiger partial charge is 0.466 e. The van der Waals surface area contributed by atoms with E-state index in [0.29, 0.717) is 0 Å². The minimum Gasteiger partial charge on any atom is -0.466 e. The van der Waals surface area contributed by atoms with Crippen molar-refractivity contribution in [3.63, 3.8) is 0 Å². The lowest BCUT2D eigenvalue weighted by Gasteiger charge is -1.98. The minimum atomic E-state index is -0.817. The first-order chi connectivity index (χ1) is 6.65. The van der Waals surface area contributed by atoms with Gasteiger partial charge in [0.25, 0.3) is 0 Å². The van der Waals surface area contributed by atoms with Gasteiger partial charge in [-0.3, -0.25) is 4.79 Å². The summed E-state index contributed by atoms with van der Waals surface area (Å²) in [4.78, 5) is 24.6. The van der Waals surface area contributed by atoms with Gasteiger partial charge in [0, 0.05) is 0 Å². The fourth-order valence-electron chi connectivity index (χ4n) is 0.711. The first-order valence-electron chi connectivity index (χ1n) is 4.19. The molecule has 0 aliphatic heterocycles. The first kappa shape index (κ1) is 12.3. The van der Waals surface area contributed by atoms with Crippen molar-refractivity contribution in [2.24, 2.45) is 0 Å². The van der Waals surface area contributed by atoms with Crippen LogP contribution in [0.1, 0.15) is 20.3 Å². The maximum absolute atomic E-state index is 11.0. The number of nitrogens with zero attached hydrogens (tertiary/aromatic N) is 2. The van der Waals surface area contributed by atoms with Crippen molar-refractivity contribution in [2.45, 2.75) is 20.3 Å². The highest BCUT2D eigenvalue weighted by Crippen LogP contribution is 1.91. The molecule has 0 aliphatic rings. The number of carbonyl (C=O) groups excluding carboxylic acids is 2. The lowest BCUT2D eigenvalue weighted by atomic mass is 10.3. The van der Waals surface area contributed by atoms with Crippen molar-refractivity contribution < 1.29 is 23.9 Å². The molecule has 0 aromatic heterocycles. The average Bonchev–Trinajstić information content (AvgIpc) is 2.15. The molecule has 0 bridgehead atoms. The first-order valence-corrected chi connectivity index (χ1v) is 4.19. The molecule has 6 heteroatoms. The van der Waals surface area contributed by atoms with Crippen LogP contribution in [0.4, 0.5) is 0 Å². The molecule has 0 atom stereocenters. The molecule has 0 saturated heterocycles. The molecule has 0 N–H and O–H groups in total. The smallest absolute Gasteiger partial charge is 0.417 e. The van der Waals surface area contributed by atoms with Gasteiger partial charge in [-0.25, -0.2) is 4.79 Å². The van der Waals surface area contributed by atoms with Crippen LogP contribution >= 0.6 is 0 Å². The van der Waals surface area contributed by atoms with Crippen molar-refractivity contribution in [2.75, 3.05) is 13.2 Å². The predicted octanol–water partition coefficient (Wildman–Crippen LogP) is 0.173. The van der Waals surface area contributed by atoms with Gasteiger partial charge in [-0.2, -0.15) is 4.79 Å². The van der Waals surface area contributed by atoms with E-state index in [1.807, 2.05) is 0 Å². The Kier molecular flexibility index (Phi) is 5.98. The van der Waals surface area contributed by atoms with Crippen LogP contribution in [0, 0.1) is 0 Å². The molecular formula is C8H12N2O4. The van der Waals surface area contributed by atoms with Crippen LogP contribution in [0.2, 0.25) is 0 Å². The van der Waals surface area contributed by atoms with Crippen LogP contribution in [0.15, 0.2) is 0 Å². The zero-order valence-corrected chi connectivity index (χ0v) is 8.15. The van der Waals surface area contributed by atoms with E-state index in [4.69, 9.17) is 5.53 Å². The summed E-state index contributed by atoms with van der Waals surface area (Å²) in [6, 6.07) is 0. The van der Waals surface area contributed by atoms with E-state index in [0.717, 1.165) is 0 Å². The molecule has 0 heterocycles. The second-order valence-electron chi connectivity index (χ2n) is 2.25. The number of ether oxygens (including phenoxy) is 2. The highest BCUT2D eigenvalue weighted by atomic mass is 16.5. The number of rotatable bonds is 5. The van der Waals surface area contributed by atoms with E-state index in [9.17, 15) is 9.59 Å². The van der Waals surface area contributed by atoms with Gasteiger partial charge in [-0.15, -0.1) is 0 Å². The lowest BCUT2D eigenvalue weighted by Crippen LogP contribution is -2.22. The molecule has 0 unspecified atom stereocenters. The maximum atomic E-state index is 11.0. The Labute approximate surface area is 81.4 Å². The van der Waals surface area contributed by atoms with Gasteiger partial charge < -0.3 is 15.0 Å². The lowest BCUT2D eigenvalue weighted by molar-refractivity contribution is -0.146. The number of hydrogen-bond donors (Lipinski definition) is 0. The molecule has 0 spiro atoms. The van der Waals surface area contributed by atoms with Crippen LogP contribution < -0.4 is 0 Å². The van der Waals surface area contributed by atoms with Crippen LogP contribution in [-0.4, -0.2) is 35.7 Å². The van der Waals surface area contributed by atoms with E-state index in [-0.39, 0.29) is 25.3 Å². The van der Waals surface area contributed by atoms with Gasteiger partial charge in [0.05, 0.1) is 13.2 Å². The molecule has 0 aromatic rings. The summed E-state index contributed by atoms with van der Waals surface area (Å²) in [5.41, 5.74) is 8.06. The van der Waals surface area contributed by atoms with Crippen LogP contribution in [0.25, 0.3) is 5.53 Å². The van der Waals surface area contributed by atoms with Gasteiger partial charge in [0.1, 0.15) is 0 Å².